The summed E-state index contributed by atoms with van der Waals surface area (Å²) in [6.07, 6.45) is -0.183. The zero-order chi connectivity index (χ0) is 26.2. The van der Waals surface area contributed by atoms with Crippen molar-refractivity contribution in [3.63, 3.8) is 0 Å². The molecule has 0 radical (unpaired) electrons. The highest BCUT2D eigenvalue weighted by Gasteiger charge is 2.43. The van der Waals surface area contributed by atoms with Gasteiger partial charge in [-0.2, -0.15) is 0 Å². The van der Waals surface area contributed by atoms with E-state index in [1.807, 2.05) is 0 Å². The van der Waals surface area contributed by atoms with Crippen LogP contribution < -0.4 is 5.32 Å². The van der Waals surface area contributed by atoms with Crippen LogP contribution >= 0.6 is 0 Å². The van der Waals surface area contributed by atoms with Crippen molar-refractivity contribution in [2.45, 2.75) is 45.3 Å². The third-order valence-electron chi connectivity index (χ3n) is 5.13. The van der Waals surface area contributed by atoms with Gasteiger partial charge in [-0.1, -0.05) is 6.07 Å². The fourth-order valence-electron chi connectivity index (χ4n) is 3.47. The molecular weight excluding hydrogens is 482 g/mol. The maximum Gasteiger partial charge on any atom is 0.414 e. The zero-order valence-electron chi connectivity index (χ0n) is 19.9. The zero-order valence-corrected chi connectivity index (χ0v) is 20.7. The largest absolute Gasteiger partial charge is 0.444 e. The summed E-state index contributed by atoms with van der Waals surface area (Å²) in [6, 6.07) is 6.20. The molecule has 0 bridgehead atoms. The SMILES string of the molecule is CN1C(NC(=O)OC(C)(C)C)=N[C@](C)(c2cc(CC(=O)c3ccc(F)cn3)ccc2F)CS1(=O)=O. The average molecular weight is 509 g/mol. The number of nitrogens with zero attached hydrogens (tertiary/aromatic N) is 3. The van der Waals surface area contributed by atoms with Crippen molar-refractivity contribution in [2.24, 2.45) is 4.99 Å². The van der Waals surface area contributed by atoms with Crippen LogP contribution in [-0.2, 0) is 26.7 Å². The van der Waals surface area contributed by atoms with E-state index in [9.17, 15) is 26.8 Å². The summed E-state index contributed by atoms with van der Waals surface area (Å²) in [4.78, 5) is 32.9. The van der Waals surface area contributed by atoms with Crippen LogP contribution in [0.1, 0.15) is 49.3 Å². The molecule has 0 fully saturated rings. The number of halogens is 2. The van der Waals surface area contributed by atoms with Crippen molar-refractivity contribution < 1.29 is 31.5 Å². The molecule has 12 heteroatoms. The maximum absolute atomic E-state index is 14.9. The number of sulfonamides is 1. The number of carbonyl (C=O) groups is 2. The molecule has 1 atom stereocenters. The summed E-state index contributed by atoms with van der Waals surface area (Å²) in [5, 5.41) is 2.32. The Hall–Kier alpha value is -3.41. The molecule has 1 aliphatic rings. The second kappa shape index (κ2) is 9.33. The standard InChI is InChI=1S/C23H26F2N4O5S/c1-22(2,3)34-21(31)27-20-28-23(4,13-35(32,33)29(20)5)16-10-14(6-8-17(16)25)11-19(30)18-9-7-15(24)12-26-18/h6-10,12H,11,13H2,1-5H3,(H,27,28,31)/t23-/m0/s1. The van der Waals surface area contributed by atoms with E-state index in [2.05, 4.69) is 15.3 Å². The number of hydrogen-bond donors (Lipinski definition) is 1. The number of alkyl carbamates (subject to hydrolysis) is 1. The first-order valence-electron chi connectivity index (χ1n) is 10.6. The van der Waals surface area contributed by atoms with E-state index in [1.165, 1.54) is 32.2 Å². The first kappa shape index (κ1) is 26.2. The third-order valence-corrected chi connectivity index (χ3v) is 7.07. The highest BCUT2D eigenvalue weighted by molar-refractivity contribution is 7.89. The lowest BCUT2D eigenvalue weighted by Gasteiger charge is -2.36. The summed E-state index contributed by atoms with van der Waals surface area (Å²) >= 11 is 0. The molecule has 0 saturated heterocycles. The number of guanidine groups is 1. The van der Waals surface area contributed by atoms with Crippen LogP contribution in [-0.4, -0.2) is 53.9 Å². The Balaban J connectivity index is 1.96. The Morgan fingerprint density at radius 2 is 1.89 bits per heavy atom. The summed E-state index contributed by atoms with van der Waals surface area (Å²) in [7, 11) is -2.79. The molecule has 1 aromatic heterocycles. The molecule has 1 amide bonds. The minimum atomic E-state index is -4.00. The van der Waals surface area contributed by atoms with Gasteiger partial charge in [-0.05, 0) is 57.5 Å². The number of carbonyl (C=O) groups excluding carboxylic acids is 2. The number of hydrogen-bond acceptors (Lipinski definition) is 7. The van der Waals surface area contributed by atoms with Gasteiger partial charge in [0.2, 0.25) is 16.0 Å². The van der Waals surface area contributed by atoms with Crippen LogP contribution in [0.3, 0.4) is 0 Å². The average Bonchev–Trinajstić information content (AvgIpc) is 2.71. The van der Waals surface area contributed by atoms with E-state index in [0.29, 0.717) is 5.56 Å². The molecule has 35 heavy (non-hydrogen) atoms. The van der Waals surface area contributed by atoms with E-state index < -0.39 is 50.4 Å². The number of nitrogens with one attached hydrogen (secondary N) is 1. The summed E-state index contributed by atoms with van der Waals surface area (Å²) in [6.45, 7) is 6.34. The van der Waals surface area contributed by atoms with Crippen molar-refractivity contribution in [1.29, 1.82) is 0 Å². The predicted octanol–water partition coefficient (Wildman–Crippen LogP) is 3.16. The van der Waals surface area contributed by atoms with Gasteiger partial charge in [0.05, 0.1) is 11.9 Å². The van der Waals surface area contributed by atoms with Crippen molar-refractivity contribution in [2.75, 3.05) is 12.8 Å². The fraction of sp³-hybridized carbons (Fsp3) is 0.391. The number of pyridine rings is 1. The molecule has 1 aromatic carbocycles. The molecule has 188 valence electrons. The number of rotatable bonds is 4. The van der Waals surface area contributed by atoms with E-state index >= 15 is 0 Å². The molecule has 0 saturated carbocycles. The number of Topliss-reactive ketones (excluding diaryl/α,β-unsaturated/α-hetero) is 1. The Labute approximate surface area is 202 Å². The Bertz CT molecular complexity index is 1290. The number of amides is 1. The molecule has 0 aliphatic carbocycles. The van der Waals surface area contributed by atoms with Gasteiger partial charge < -0.3 is 4.74 Å². The van der Waals surface area contributed by atoms with Gasteiger partial charge in [0, 0.05) is 19.0 Å². The lowest BCUT2D eigenvalue weighted by molar-refractivity contribution is 0.0558. The van der Waals surface area contributed by atoms with Gasteiger partial charge in [-0.25, -0.2) is 31.3 Å². The molecule has 2 heterocycles. The van der Waals surface area contributed by atoms with Crippen LogP contribution in [0, 0.1) is 11.6 Å². The lowest BCUT2D eigenvalue weighted by atomic mass is 9.91. The second-order valence-electron chi connectivity index (χ2n) is 9.34. The Morgan fingerprint density at radius 1 is 1.20 bits per heavy atom. The number of ketones is 1. The van der Waals surface area contributed by atoms with Crippen LogP contribution in [0.2, 0.25) is 0 Å². The topological polar surface area (TPSA) is 118 Å². The van der Waals surface area contributed by atoms with Gasteiger partial charge in [-0.15, -0.1) is 0 Å². The first-order valence-corrected chi connectivity index (χ1v) is 12.2. The quantitative estimate of drug-likeness (QED) is 0.634. The normalized spacial score (nSPS) is 19.6. The van der Waals surface area contributed by atoms with Crippen molar-refractivity contribution in [3.05, 3.63) is 65.0 Å². The lowest BCUT2D eigenvalue weighted by Crippen LogP contribution is -2.54. The van der Waals surface area contributed by atoms with Crippen LogP contribution in [0.25, 0.3) is 0 Å². The van der Waals surface area contributed by atoms with Gasteiger partial charge in [0.1, 0.15) is 28.5 Å². The molecule has 3 rings (SSSR count). The molecular formula is C23H26F2N4O5S. The molecule has 1 N–H and O–H groups in total. The van der Waals surface area contributed by atoms with Crippen molar-refractivity contribution in [1.82, 2.24) is 14.6 Å². The smallest absolute Gasteiger partial charge is 0.414 e. The number of benzene rings is 1. The Morgan fingerprint density at radius 3 is 2.49 bits per heavy atom. The van der Waals surface area contributed by atoms with Gasteiger partial charge in [0.25, 0.3) is 0 Å². The minimum absolute atomic E-state index is 0.0345. The predicted molar refractivity (Wildman–Crippen MR) is 124 cm³/mol. The molecule has 1 aliphatic heterocycles. The molecule has 9 nitrogen and oxygen atoms in total. The molecule has 0 spiro atoms. The van der Waals surface area contributed by atoms with Gasteiger partial charge >= 0.3 is 6.09 Å². The summed E-state index contributed by atoms with van der Waals surface area (Å²) in [5.41, 5.74) is -2.12. The highest BCUT2D eigenvalue weighted by atomic mass is 32.2. The van der Waals surface area contributed by atoms with Gasteiger partial charge in [-0.3, -0.25) is 15.1 Å². The van der Waals surface area contributed by atoms with Crippen molar-refractivity contribution in [3.8, 4) is 0 Å². The van der Waals surface area contributed by atoms with Crippen LogP contribution in [0.5, 0.6) is 0 Å². The summed E-state index contributed by atoms with van der Waals surface area (Å²) < 4.78 is 59.7. The highest BCUT2D eigenvalue weighted by Crippen LogP contribution is 2.34. The van der Waals surface area contributed by atoms with Crippen LogP contribution in [0.4, 0.5) is 13.6 Å². The maximum atomic E-state index is 14.9. The fourth-order valence-corrected chi connectivity index (χ4v) is 4.95. The first-order chi connectivity index (χ1) is 16.1. The monoisotopic (exact) mass is 508 g/mol. The third kappa shape index (κ3) is 6.18. The minimum Gasteiger partial charge on any atom is -0.444 e. The van der Waals surface area contributed by atoms with E-state index in [1.54, 1.807) is 20.8 Å². The van der Waals surface area contributed by atoms with Crippen molar-refractivity contribution >= 4 is 27.9 Å². The van der Waals surface area contributed by atoms with E-state index in [4.69, 9.17) is 4.74 Å². The number of ether oxygens (including phenoxy) is 1. The summed E-state index contributed by atoms with van der Waals surface area (Å²) in [5.74, 6) is -2.66. The molecule has 0 unspecified atom stereocenters. The second-order valence-corrected chi connectivity index (χ2v) is 11.3. The van der Waals surface area contributed by atoms with E-state index in [0.717, 1.165) is 22.6 Å². The van der Waals surface area contributed by atoms with E-state index in [-0.39, 0.29) is 23.6 Å². The van der Waals surface area contributed by atoms with Gasteiger partial charge in [0.15, 0.2) is 5.78 Å². The molecule has 2 aromatic rings. The van der Waals surface area contributed by atoms with Crippen LogP contribution in [0.15, 0.2) is 41.5 Å². The Kier molecular flexibility index (Phi) is 6.98. The number of aliphatic imine (C=N–C) groups is 1. The number of aromatic nitrogens is 1.